The molecular weight excluding hydrogens is 326 g/mol. The van der Waals surface area contributed by atoms with Crippen LogP contribution in [0.4, 0.5) is 5.69 Å². The molecule has 0 atom stereocenters. The van der Waals surface area contributed by atoms with Gasteiger partial charge in [0.15, 0.2) is 0 Å². The van der Waals surface area contributed by atoms with Crippen molar-refractivity contribution in [2.45, 2.75) is 13.8 Å². The molecule has 0 saturated carbocycles. The first-order chi connectivity index (χ1) is 11.9. The molecule has 0 amide bonds. The molecule has 0 aliphatic rings. The predicted octanol–water partition coefficient (Wildman–Crippen LogP) is 2.67. The number of esters is 1. The number of aromatic nitrogens is 2. The summed E-state index contributed by atoms with van der Waals surface area (Å²) in [6.07, 6.45) is 1.57. The SMILES string of the molecule is Cc1[nH]c2nccc(C)c2c(=O)c1C(=O)Oc1ccc([N+](=O)[O-])cc1. The van der Waals surface area contributed by atoms with Crippen molar-refractivity contribution in [3.8, 4) is 5.75 Å². The molecule has 0 aliphatic heterocycles. The van der Waals surface area contributed by atoms with Gasteiger partial charge in [-0.1, -0.05) is 0 Å². The number of benzene rings is 1. The number of nitrogens with one attached hydrogen (secondary N) is 1. The number of nitro groups is 1. The Kier molecular flexibility index (Phi) is 4.02. The van der Waals surface area contributed by atoms with E-state index in [1.807, 2.05) is 0 Å². The Bertz CT molecular complexity index is 1050. The lowest BCUT2D eigenvalue weighted by atomic mass is 10.1. The molecule has 1 N–H and O–H groups in total. The topological polar surface area (TPSA) is 115 Å². The maximum atomic E-state index is 12.7. The highest BCUT2D eigenvalue weighted by Crippen LogP contribution is 2.19. The van der Waals surface area contributed by atoms with Gasteiger partial charge in [-0.15, -0.1) is 0 Å². The monoisotopic (exact) mass is 339 g/mol. The molecule has 0 aliphatic carbocycles. The molecule has 0 bridgehead atoms. The molecule has 3 rings (SSSR count). The van der Waals surface area contributed by atoms with E-state index in [1.54, 1.807) is 26.1 Å². The van der Waals surface area contributed by atoms with Gasteiger partial charge in [-0.2, -0.15) is 0 Å². The minimum Gasteiger partial charge on any atom is -0.423 e. The van der Waals surface area contributed by atoms with Crippen LogP contribution in [0.25, 0.3) is 11.0 Å². The summed E-state index contributed by atoms with van der Waals surface area (Å²) < 4.78 is 5.18. The van der Waals surface area contributed by atoms with E-state index in [1.165, 1.54) is 24.3 Å². The third-order valence-electron chi connectivity index (χ3n) is 3.76. The standard InChI is InChI=1S/C17H13N3O5/c1-9-7-8-18-16-13(9)15(21)14(10(2)19-16)17(22)25-12-5-3-11(4-6-12)20(23)24/h3-8H,1-2H3,(H,18,19,21). The third kappa shape index (κ3) is 2.97. The van der Waals surface area contributed by atoms with Crippen LogP contribution in [0, 0.1) is 24.0 Å². The highest BCUT2D eigenvalue weighted by molar-refractivity contribution is 5.96. The quantitative estimate of drug-likeness (QED) is 0.339. The van der Waals surface area contributed by atoms with Gasteiger partial charge >= 0.3 is 5.97 Å². The number of non-ortho nitro benzene ring substituents is 1. The molecule has 8 heteroatoms. The Morgan fingerprint density at radius 1 is 1.20 bits per heavy atom. The minimum atomic E-state index is -0.835. The number of nitro benzene ring substituents is 1. The van der Waals surface area contributed by atoms with E-state index in [-0.39, 0.29) is 17.0 Å². The maximum absolute atomic E-state index is 12.7. The molecular formula is C17H13N3O5. The Morgan fingerprint density at radius 2 is 1.88 bits per heavy atom. The number of ether oxygens (including phenoxy) is 1. The molecule has 0 saturated heterocycles. The number of aryl methyl sites for hydroxylation is 2. The number of H-pyrrole nitrogens is 1. The van der Waals surface area contributed by atoms with Crippen LogP contribution in [0.5, 0.6) is 5.75 Å². The van der Waals surface area contributed by atoms with Crippen LogP contribution in [-0.4, -0.2) is 20.9 Å². The number of nitrogens with zero attached hydrogens (tertiary/aromatic N) is 2. The van der Waals surface area contributed by atoms with E-state index in [0.717, 1.165) is 0 Å². The lowest BCUT2D eigenvalue weighted by Crippen LogP contribution is -2.23. The number of hydrogen-bond acceptors (Lipinski definition) is 6. The second-order valence-corrected chi connectivity index (χ2v) is 5.45. The van der Waals surface area contributed by atoms with Crippen molar-refractivity contribution < 1.29 is 14.5 Å². The zero-order valence-corrected chi connectivity index (χ0v) is 13.4. The Hall–Kier alpha value is -3.55. The summed E-state index contributed by atoms with van der Waals surface area (Å²) in [6.45, 7) is 3.33. The van der Waals surface area contributed by atoms with E-state index in [4.69, 9.17) is 4.74 Å². The maximum Gasteiger partial charge on any atom is 0.349 e. The average molecular weight is 339 g/mol. The molecule has 0 fully saturated rings. The fraction of sp³-hybridized carbons (Fsp3) is 0.118. The van der Waals surface area contributed by atoms with Gasteiger partial charge in [0.2, 0.25) is 5.43 Å². The number of pyridine rings is 2. The van der Waals surface area contributed by atoms with Crippen molar-refractivity contribution in [1.29, 1.82) is 0 Å². The summed E-state index contributed by atoms with van der Waals surface area (Å²) in [7, 11) is 0. The molecule has 0 radical (unpaired) electrons. The summed E-state index contributed by atoms with van der Waals surface area (Å²) in [4.78, 5) is 42.3. The fourth-order valence-corrected chi connectivity index (χ4v) is 2.51. The number of aromatic amines is 1. The molecule has 126 valence electrons. The molecule has 0 spiro atoms. The van der Waals surface area contributed by atoms with E-state index in [0.29, 0.717) is 22.3 Å². The second-order valence-electron chi connectivity index (χ2n) is 5.45. The Balaban J connectivity index is 2.01. The Morgan fingerprint density at radius 3 is 2.52 bits per heavy atom. The molecule has 8 nitrogen and oxygen atoms in total. The first-order valence-electron chi connectivity index (χ1n) is 7.33. The smallest absolute Gasteiger partial charge is 0.349 e. The van der Waals surface area contributed by atoms with E-state index >= 15 is 0 Å². The van der Waals surface area contributed by atoms with Crippen LogP contribution in [0.1, 0.15) is 21.6 Å². The number of carbonyl (C=O) groups excluding carboxylic acids is 1. The van der Waals surface area contributed by atoms with Gasteiger partial charge in [0.25, 0.3) is 5.69 Å². The number of hydrogen-bond donors (Lipinski definition) is 1. The van der Waals surface area contributed by atoms with E-state index in [9.17, 15) is 19.7 Å². The van der Waals surface area contributed by atoms with E-state index < -0.39 is 16.3 Å². The molecule has 3 aromatic rings. The second kappa shape index (κ2) is 6.16. The number of rotatable bonds is 3. The van der Waals surface area contributed by atoms with Crippen molar-refractivity contribution in [2.24, 2.45) is 0 Å². The summed E-state index contributed by atoms with van der Waals surface area (Å²) in [5.74, 6) is -0.727. The summed E-state index contributed by atoms with van der Waals surface area (Å²) in [6, 6.07) is 6.71. The van der Waals surface area contributed by atoms with Crippen LogP contribution in [0.15, 0.2) is 41.3 Å². The van der Waals surface area contributed by atoms with Crippen molar-refractivity contribution in [3.05, 3.63) is 73.7 Å². The number of fused-ring (bicyclic) bond motifs is 1. The molecule has 2 heterocycles. The van der Waals surface area contributed by atoms with Gasteiger partial charge in [-0.3, -0.25) is 14.9 Å². The predicted molar refractivity (Wildman–Crippen MR) is 89.9 cm³/mol. The largest absolute Gasteiger partial charge is 0.423 e. The van der Waals surface area contributed by atoms with Gasteiger partial charge in [0, 0.05) is 24.0 Å². The average Bonchev–Trinajstić information content (AvgIpc) is 2.55. The Labute approximate surface area is 141 Å². The molecule has 0 unspecified atom stereocenters. The summed E-state index contributed by atoms with van der Waals surface area (Å²) in [5, 5.41) is 11.0. The first-order valence-corrected chi connectivity index (χ1v) is 7.33. The van der Waals surface area contributed by atoms with Crippen LogP contribution in [-0.2, 0) is 0 Å². The van der Waals surface area contributed by atoms with Gasteiger partial charge in [0.1, 0.15) is 17.0 Å². The molecule has 25 heavy (non-hydrogen) atoms. The van der Waals surface area contributed by atoms with Crippen LogP contribution in [0.3, 0.4) is 0 Å². The third-order valence-corrected chi connectivity index (χ3v) is 3.76. The van der Waals surface area contributed by atoms with Crippen molar-refractivity contribution >= 4 is 22.7 Å². The number of carbonyl (C=O) groups is 1. The minimum absolute atomic E-state index is 0.109. The van der Waals surface area contributed by atoms with Crippen molar-refractivity contribution in [1.82, 2.24) is 9.97 Å². The molecule has 1 aromatic carbocycles. The summed E-state index contributed by atoms with van der Waals surface area (Å²) in [5.41, 5.74) is 0.708. The lowest BCUT2D eigenvalue weighted by Gasteiger charge is -2.09. The summed E-state index contributed by atoms with van der Waals surface area (Å²) >= 11 is 0. The normalized spacial score (nSPS) is 10.6. The van der Waals surface area contributed by atoms with Gasteiger partial charge < -0.3 is 9.72 Å². The zero-order chi connectivity index (χ0) is 18.1. The van der Waals surface area contributed by atoms with Crippen LogP contribution < -0.4 is 10.2 Å². The highest BCUT2D eigenvalue weighted by atomic mass is 16.6. The van der Waals surface area contributed by atoms with Crippen molar-refractivity contribution in [2.75, 3.05) is 0 Å². The van der Waals surface area contributed by atoms with Gasteiger partial charge in [-0.25, -0.2) is 9.78 Å². The van der Waals surface area contributed by atoms with Gasteiger partial charge in [-0.05, 0) is 37.6 Å². The van der Waals surface area contributed by atoms with Crippen LogP contribution >= 0.6 is 0 Å². The highest BCUT2D eigenvalue weighted by Gasteiger charge is 2.20. The van der Waals surface area contributed by atoms with E-state index in [2.05, 4.69) is 9.97 Å². The van der Waals surface area contributed by atoms with Crippen molar-refractivity contribution in [3.63, 3.8) is 0 Å². The first kappa shape index (κ1) is 16.3. The zero-order valence-electron chi connectivity index (χ0n) is 13.4. The lowest BCUT2D eigenvalue weighted by molar-refractivity contribution is -0.384. The van der Waals surface area contributed by atoms with Gasteiger partial charge in [0.05, 0.1) is 10.3 Å². The molecule has 2 aromatic heterocycles. The van der Waals surface area contributed by atoms with Crippen LogP contribution in [0.2, 0.25) is 0 Å². The fourth-order valence-electron chi connectivity index (χ4n) is 2.51.